The molecule has 0 fully saturated rings. The van der Waals surface area contributed by atoms with Crippen LogP contribution < -0.4 is 11.1 Å². The zero-order valence-corrected chi connectivity index (χ0v) is 12.6. The first kappa shape index (κ1) is 15.1. The lowest BCUT2D eigenvalue weighted by Gasteiger charge is -2.14. The van der Waals surface area contributed by atoms with Crippen LogP contribution in [0.1, 0.15) is 37.7 Å². The van der Waals surface area contributed by atoms with Crippen molar-refractivity contribution in [1.29, 1.82) is 0 Å². The molecule has 1 heterocycles. The zero-order valence-electron chi connectivity index (χ0n) is 12.6. The molecule has 5 heteroatoms. The van der Waals surface area contributed by atoms with Gasteiger partial charge in [-0.25, -0.2) is 4.98 Å². The Labute approximate surface area is 124 Å². The third-order valence-corrected chi connectivity index (χ3v) is 3.10. The first-order valence-corrected chi connectivity index (χ1v) is 7.08. The van der Waals surface area contributed by atoms with Crippen molar-refractivity contribution in [1.82, 2.24) is 10.3 Å². The van der Waals surface area contributed by atoms with E-state index in [2.05, 4.69) is 24.1 Å². The highest BCUT2D eigenvalue weighted by molar-refractivity contribution is 5.92. The molecule has 0 aliphatic heterocycles. The summed E-state index contributed by atoms with van der Waals surface area (Å²) in [6.45, 7) is 6.23. The average Bonchev–Trinajstić information content (AvgIpc) is 2.88. The van der Waals surface area contributed by atoms with Gasteiger partial charge < -0.3 is 15.5 Å². The van der Waals surface area contributed by atoms with Crippen molar-refractivity contribution in [2.75, 3.05) is 5.73 Å². The van der Waals surface area contributed by atoms with Gasteiger partial charge in [0.2, 0.25) is 5.89 Å². The van der Waals surface area contributed by atoms with Crippen molar-refractivity contribution in [3.05, 3.63) is 36.2 Å². The van der Waals surface area contributed by atoms with E-state index in [1.807, 2.05) is 19.1 Å². The highest BCUT2D eigenvalue weighted by Crippen LogP contribution is 2.20. The molecule has 1 aromatic heterocycles. The summed E-state index contributed by atoms with van der Waals surface area (Å²) in [5.41, 5.74) is 7.39. The number of nitrogens with one attached hydrogen (secondary N) is 1. The maximum absolute atomic E-state index is 12.1. The van der Waals surface area contributed by atoms with Gasteiger partial charge in [0, 0.05) is 17.3 Å². The van der Waals surface area contributed by atoms with Crippen molar-refractivity contribution >= 4 is 11.6 Å². The topological polar surface area (TPSA) is 81.2 Å². The van der Waals surface area contributed by atoms with Gasteiger partial charge in [0.25, 0.3) is 5.91 Å². The van der Waals surface area contributed by atoms with E-state index in [0.29, 0.717) is 17.5 Å². The number of carbonyl (C=O) groups excluding carboxylic acids is 1. The van der Waals surface area contributed by atoms with E-state index in [-0.39, 0.29) is 17.6 Å². The third-order valence-electron chi connectivity index (χ3n) is 3.10. The molecular weight excluding hydrogens is 266 g/mol. The van der Waals surface area contributed by atoms with E-state index in [1.165, 1.54) is 6.26 Å². The Balaban J connectivity index is 2.05. The molecule has 1 amide bonds. The van der Waals surface area contributed by atoms with E-state index < -0.39 is 0 Å². The van der Waals surface area contributed by atoms with Crippen LogP contribution in [0.15, 0.2) is 34.9 Å². The fraction of sp³-hybridized carbons (Fsp3) is 0.375. The molecule has 1 unspecified atom stereocenters. The maximum Gasteiger partial charge on any atom is 0.273 e. The second-order valence-electron chi connectivity index (χ2n) is 5.66. The Morgan fingerprint density at radius 1 is 1.29 bits per heavy atom. The van der Waals surface area contributed by atoms with E-state index in [0.717, 1.165) is 12.0 Å². The summed E-state index contributed by atoms with van der Waals surface area (Å²) in [5.74, 6) is 0.730. The van der Waals surface area contributed by atoms with E-state index in [1.54, 1.807) is 12.1 Å². The Hall–Kier alpha value is -2.30. The molecule has 0 bridgehead atoms. The summed E-state index contributed by atoms with van der Waals surface area (Å²) in [6.07, 6.45) is 2.30. The fourth-order valence-electron chi connectivity index (χ4n) is 2.20. The molecule has 1 atom stereocenters. The smallest absolute Gasteiger partial charge is 0.273 e. The zero-order chi connectivity index (χ0) is 15.4. The predicted molar refractivity (Wildman–Crippen MR) is 82.7 cm³/mol. The van der Waals surface area contributed by atoms with E-state index in [4.69, 9.17) is 10.2 Å². The lowest BCUT2D eigenvalue weighted by Crippen LogP contribution is -2.33. The highest BCUT2D eigenvalue weighted by atomic mass is 16.3. The predicted octanol–water partition coefficient (Wildman–Crippen LogP) is 3.09. The molecule has 0 aliphatic carbocycles. The number of rotatable bonds is 5. The van der Waals surface area contributed by atoms with Gasteiger partial charge in [-0.15, -0.1) is 0 Å². The number of hydrogen-bond acceptors (Lipinski definition) is 4. The number of oxazole rings is 1. The summed E-state index contributed by atoms with van der Waals surface area (Å²) < 4.78 is 5.36. The maximum atomic E-state index is 12.1. The first-order valence-electron chi connectivity index (χ1n) is 7.08. The van der Waals surface area contributed by atoms with Crippen LogP contribution in [0.25, 0.3) is 11.5 Å². The van der Waals surface area contributed by atoms with Crippen LogP contribution in [-0.4, -0.2) is 16.9 Å². The molecule has 0 aliphatic rings. The number of nitrogens with zero attached hydrogens (tertiary/aromatic N) is 1. The normalized spacial score (nSPS) is 12.4. The molecule has 0 saturated carbocycles. The van der Waals surface area contributed by atoms with Crippen molar-refractivity contribution in [2.45, 2.75) is 33.2 Å². The molecule has 0 radical (unpaired) electrons. The van der Waals surface area contributed by atoms with Crippen LogP contribution in [0.2, 0.25) is 0 Å². The Morgan fingerprint density at radius 3 is 2.57 bits per heavy atom. The van der Waals surface area contributed by atoms with Crippen LogP contribution in [0.5, 0.6) is 0 Å². The minimum Gasteiger partial charge on any atom is -0.444 e. The monoisotopic (exact) mass is 287 g/mol. The van der Waals surface area contributed by atoms with Crippen LogP contribution in [-0.2, 0) is 0 Å². The van der Waals surface area contributed by atoms with Gasteiger partial charge in [-0.3, -0.25) is 4.79 Å². The number of hydrogen-bond donors (Lipinski definition) is 2. The lowest BCUT2D eigenvalue weighted by molar-refractivity contribution is 0.0931. The van der Waals surface area contributed by atoms with Crippen molar-refractivity contribution in [3.63, 3.8) is 0 Å². The van der Waals surface area contributed by atoms with Gasteiger partial charge in [-0.1, -0.05) is 13.8 Å². The average molecular weight is 287 g/mol. The molecule has 3 N–H and O–H groups in total. The molecular formula is C16H21N3O2. The number of nitrogen functional groups attached to an aromatic ring is 1. The number of aromatic nitrogens is 1. The summed E-state index contributed by atoms with van der Waals surface area (Å²) >= 11 is 0. The van der Waals surface area contributed by atoms with Crippen LogP contribution in [0.3, 0.4) is 0 Å². The van der Waals surface area contributed by atoms with Crippen molar-refractivity contribution < 1.29 is 9.21 Å². The first-order chi connectivity index (χ1) is 9.95. The SMILES string of the molecule is CC(C)CC(C)NC(=O)c1coc(-c2ccc(N)cc2)n1. The second-order valence-corrected chi connectivity index (χ2v) is 5.66. The third kappa shape index (κ3) is 4.08. The van der Waals surface area contributed by atoms with Crippen molar-refractivity contribution in [2.24, 2.45) is 5.92 Å². The molecule has 2 aromatic rings. The number of benzene rings is 1. The molecule has 5 nitrogen and oxygen atoms in total. The van der Waals surface area contributed by atoms with E-state index in [9.17, 15) is 4.79 Å². The number of anilines is 1. The summed E-state index contributed by atoms with van der Waals surface area (Å²) in [7, 11) is 0. The molecule has 21 heavy (non-hydrogen) atoms. The minimum atomic E-state index is -0.214. The largest absolute Gasteiger partial charge is 0.444 e. The van der Waals surface area contributed by atoms with Crippen molar-refractivity contribution in [3.8, 4) is 11.5 Å². The van der Waals surface area contributed by atoms with Crippen LogP contribution >= 0.6 is 0 Å². The second kappa shape index (κ2) is 6.43. The Bertz CT molecular complexity index is 602. The molecule has 1 aromatic carbocycles. The molecule has 112 valence electrons. The standard InChI is InChI=1S/C16H21N3O2/c1-10(2)8-11(3)18-15(20)14-9-21-16(19-14)12-4-6-13(17)7-5-12/h4-7,9-11H,8,17H2,1-3H3,(H,18,20). The van der Waals surface area contributed by atoms with Crippen LogP contribution in [0.4, 0.5) is 5.69 Å². The van der Waals surface area contributed by atoms with Crippen LogP contribution in [0, 0.1) is 5.92 Å². The quantitative estimate of drug-likeness (QED) is 0.828. The number of carbonyl (C=O) groups is 1. The van der Waals surface area contributed by atoms with Gasteiger partial charge in [-0.05, 0) is 43.5 Å². The molecule has 0 saturated heterocycles. The van der Waals surface area contributed by atoms with Gasteiger partial charge in [-0.2, -0.15) is 0 Å². The Kier molecular flexibility index (Phi) is 4.62. The Morgan fingerprint density at radius 2 is 1.95 bits per heavy atom. The van der Waals surface area contributed by atoms with E-state index >= 15 is 0 Å². The van der Waals surface area contributed by atoms with Gasteiger partial charge in [0.1, 0.15) is 6.26 Å². The number of amides is 1. The fourth-order valence-corrected chi connectivity index (χ4v) is 2.20. The summed E-state index contributed by atoms with van der Waals surface area (Å²) in [6, 6.07) is 7.26. The molecule has 0 spiro atoms. The summed E-state index contributed by atoms with van der Waals surface area (Å²) in [5, 5.41) is 2.92. The summed E-state index contributed by atoms with van der Waals surface area (Å²) in [4.78, 5) is 16.3. The minimum absolute atomic E-state index is 0.106. The lowest BCUT2D eigenvalue weighted by atomic mass is 10.1. The highest BCUT2D eigenvalue weighted by Gasteiger charge is 2.16. The number of nitrogens with two attached hydrogens (primary N) is 1. The van der Waals surface area contributed by atoms with Gasteiger partial charge in [0.05, 0.1) is 0 Å². The molecule has 2 rings (SSSR count). The van der Waals surface area contributed by atoms with Gasteiger partial charge >= 0.3 is 0 Å². The van der Waals surface area contributed by atoms with Gasteiger partial charge in [0.15, 0.2) is 5.69 Å².